The van der Waals surface area contributed by atoms with Crippen molar-refractivity contribution in [2.75, 3.05) is 51.8 Å². The second-order valence-corrected chi connectivity index (χ2v) is 11.0. The minimum absolute atomic E-state index is 0.168. The first-order valence-corrected chi connectivity index (χ1v) is 13.4. The molecule has 2 aromatic carbocycles. The number of amidine groups is 1. The number of piperazine rings is 1. The Morgan fingerprint density at radius 1 is 1.08 bits per heavy atom. The lowest BCUT2D eigenvalue weighted by Gasteiger charge is -2.42. The predicted octanol–water partition coefficient (Wildman–Crippen LogP) is 4.38. The molecule has 3 heterocycles. The van der Waals surface area contributed by atoms with E-state index in [1.807, 2.05) is 48.5 Å². The van der Waals surface area contributed by atoms with Gasteiger partial charge >= 0.3 is 12.1 Å². The Morgan fingerprint density at radius 3 is 2.61 bits per heavy atom. The van der Waals surface area contributed by atoms with Gasteiger partial charge in [0.1, 0.15) is 24.0 Å². The molecule has 1 amide bonds. The van der Waals surface area contributed by atoms with Crippen LogP contribution in [0.2, 0.25) is 0 Å². The van der Waals surface area contributed by atoms with Crippen LogP contribution in [0.15, 0.2) is 65.7 Å². The molecular weight excluding hydrogens is 502 g/mol. The minimum Gasteiger partial charge on any atom is -0.460 e. The van der Waals surface area contributed by atoms with Crippen LogP contribution in [-0.4, -0.2) is 73.8 Å². The van der Waals surface area contributed by atoms with Gasteiger partial charge in [-0.2, -0.15) is 0 Å². The second-order valence-electron chi connectivity index (χ2n) is 9.79. The number of carbonyl (C=O) groups excluding carboxylic acids is 2. The molecule has 1 aromatic heterocycles. The van der Waals surface area contributed by atoms with E-state index in [0.717, 1.165) is 59.5 Å². The monoisotopic (exact) mass is 534 g/mol. The van der Waals surface area contributed by atoms with E-state index in [-0.39, 0.29) is 19.9 Å². The number of esters is 1. The molecule has 0 atom stereocenters. The van der Waals surface area contributed by atoms with E-state index >= 15 is 0 Å². The number of aryl methyl sites for hydroxylation is 1. The number of likely N-dealkylation sites (N-methyl/N-ethyl adjacent to an activating group) is 1. The molecule has 0 radical (unpaired) electrons. The summed E-state index contributed by atoms with van der Waals surface area (Å²) in [4.78, 5) is 32.8. The van der Waals surface area contributed by atoms with E-state index < -0.39 is 12.1 Å². The quantitative estimate of drug-likeness (QED) is 0.360. The number of benzene rings is 2. The number of fused-ring (bicyclic) bond motifs is 2. The van der Waals surface area contributed by atoms with Gasteiger partial charge in [-0.3, -0.25) is 9.28 Å². The van der Waals surface area contributed by atoms with E-state index in [1.165, 1.54) is 4.88 Å². The maximum absolute atomic E-state index is 12.2. The molecule has 0 spiro atoms. The number of nitrogens with zero attached hydrogens (tertiary/aromatic N) is 3. The van der Waals surface area contributed by atoms with Crippen LogP contribution in [0, 0.1) is 6.92 Å². The maximum atomic E-state index is 12.2. The summed E-state index contributed by atoms with van der Waals surface area (Å²) < 4.78 is 11.2. The molecule has 2 aliphatic rings. The van der Waals surface area contributed by atoms with Crippen LogP contribution in [0.1, 0.15) is 16.0 Å². The number of ether oxygens (including phenoxy) is 2. The summed E-state index contributed by atoms with van der Waals surface area (Å²) in [6, 6.07) is 19.7. The molecule has 0 aliphatic carbocycles. The van der Waals surface area contributed by atoms with E-state index in [1.54, 1.807) is 11.3 Å². The van der Waals surface area contributed by atoms with Crippen molar-refractivity contribution >= 4 is 45.6 Å². The van der Waals surface area contributed by atoms with Gasteiger partial charge in [-0.25, -0.2) is 9.79 Å². The Labute approximate surface area is 226 Å². The van der Waals surface area contributed by atoms with E-state index in [2.05, 4.69) is 41.6 Å². The number of para-hydroxylation sites is 2. The normalized spacial score (nSPS) is 15.7. The Kier molecular flexibility index (Phi) is 7.62. The zero-order valence-electron chi connectivity index (χ0n) is 21.6. The van der Waals surface area contributed by atoms with E-state index in [4.69, 9.17) is 14.5 Å². The first kappa shape index (κ1) is 25.7. The summed E-state index contributed by atoms with van der Waals surface area (Å²) in [7, 11) is 2.07. The van der Waals surface area contributed by atoms with Crippen molar-refractivity contribution in [3.05, 3.63) is 76.7 Å². The molecule has 0 bridgehead atoms. The fourth-order valence-corrected chi connectivity index (χ4v) is 5.40. The van der Waals surface area contributed by atoms with Crippen molar-refractivity contribution in [3.63, 3.8) is 0 Å². The molecule has 198 valence electrons. The Hall–Kier alpha value is -3.89. The predicted molar refractivity (Wildman–Crippen MR) is 148 cm³/mol. The first-order valence-electron chi connectivity index (χ1n) is 12.6. The van der Waals surface area contributed by atoms with Crippen molar-refractivity contribution in [1.82, 2.24) is 10.2 Å². The van der Waals surface area contributed by atoms with Crippen LogP contribution in [0.25, 0.3) is 0 Å². The molecular formula is C28H32N5O4S+. The van der Waals surface area contributed by atoms with Crippen molar-refractivity contribution in [3.8, 4) is 0 Å². The van der Waals surface area contributed by atoms with Crippen LogP contribution >= 0.6 is 11.3 Å². The van der Waals surface area contributed by atoms with Crippen molar-refractivity contribution < 1.29 is 23.5 Å². The van der Waals surface area contributed by atoms with Crippen molar-refractivity contribution in [2.45, 2.75) is 13.5 Å². The summed E-state index contributed by atoms with van der Waals surface area (Å²) >= 11 is 1.73. The average Bonchev–Trinajstić information content (AvgIpc) is 3.22. The van der Waals surface area contributed by atoms with Crippen LogP contribution in [0.5, 0.6) is 0 Å². The highest BCUT2D eigenvalue weighted by molar-refractivity contribution is 7.16. The summed E-state index contributed by atoms with van der Waals surface area (Å²) in [5.41, 5.74) is 3.94. The molecule has 0 unspecified atom stereocenters. The largest absolute Gasteiger partial charge is 0.460 e. The Morgan fingerprint density at radius 2 is 1.82 bits per heavy atom. The number of hydrogen-bond donors (Lipinski definition) is 2. The number of hydrogen-bond acceptors (Lipinski definition) is 8. The fraction of sp³-hybridized carbons (Fsp3) is 0.321. The summed E-state index contributed by atoms with van der Waals surface area (Å²) in [6.07, 6.45) is -0.627. The number of carbonyl (C=O) groups is 2. The van der Waals surface area contributed by atoms with Gasteiger partial charge in [-0.15, -0.1) is 11.3 Å². The lowest BCUT2D eigenvalue weighted by atomic mass is 10.2. The van der Waals surface area contributed by atoms with Gasteiger partial charge in [0.25, 0.3) is 0 Å². The number of thiophene rings is 1. The maximum Gasteiger partial charge on any atom is 0.411 e. The van der Waals surface area contributed by atoms with E-state index in [0.29, 0.717) is 4.48 Å². The standard InChI is InChI=1S/C28H31N5O4S/c1-20-16-22-26(30-23-10-6-7-11-24(23)31-27(22)38-20)32-12-14-33(2,15-13-32)19-37-28(35)29-17-25(34)36-18-21-8-4-3-5-9-21/h3-11,16H,12-15,17-19H2,1-2H3,(H-,29,30,31,35)/p+1. The Bertz CT molecular complexity index is 1330. The number of aliphatic imine (C=N–C) groups is 1. The van der Waals surface area contributed by atoms with Gasteiger partial charge in [-0.1, -0.05) is 42.5 Å². The van der Waals surface area contributed by atoms with Crippen LogP contribution in [-0.2, 0) is 20.9 Å². The first-order chi connectivity index (χ1) is 18.4. The second kappa shape index (κ2) is 11.2. The molecule has 2 N–H and O–H groups in total. The lowest BCUT2D eigenvalue weighted by Crippen LogP contribution is -2.59. The number of anilines is 2. The number of amides is 1. The van der Waals surface area contributed by atoms with E-state index in [9.17, 15) is 9.59 Å². The van der Waals surface area contributed by atoms with Gasteiger partial charge in [0.15, 0.2) is 0 Å². The Balaban J connectivity index is 1.12. The van der Waals surface area contributed by atoms with Crippen molar-refractivity contribution in [2.24, 2.45) is 4.99 Å². The third-order valence-corrected chi connectivity index (χ3v) is 7.69. The van der Waals surface area contributed by atoms with Crippen LogP contribution in [0.4, 0.5) is 21.2 Å². The van der Waals surface area contributed by atoms with Gasteiger partial charge in [-0.05, 0) is 30.7 Å². The number of nitrogens with one attached hydrogen (secondary N) is 2. The molecule has 1 fully saturated rings. The smallest absolute Gasteiger partial charge is 0.411 e. The van der Waals surface area contributed by atoms with Crippen LogP contribution in [0.3, 0.4) is 0 Å². The average molecular weight is 535 g/mol. The molecule has 0 saturated carbocycles. The molecule has 38 heavy (non-hydrogen) atoms. The SMILES string of the molecule is Cc1cc2c(s1)Nc1ccccc1N=C2N1CC[N+](C)(COC(=O)NCC(=O)OCc2ccccc2)CC1. The summed E-state index contributed by atoms with van der Waals surface area (Å²) in [6.45, 7) is 5.41. The zero-order chi connectivity index (χ0) is 26.5. The summed E-state index contributed by atoms with van der Waals surface area (Å²) in [5.74, 6) is 0.462. The highest BCUT2D eigenvalue weighted by Gasteiger charge is 2.33. The molecule has 1 saturated heterocycles. The molecule has 5 rings (SSSR count). The fourth-order valence-electron chi connectivity index (χ4n) is 4.48. The number of rotatable bonds is 6. The molecule has 9 nitrogen and oxygen atoms in total. The van der Waals surface area contributed by atoms with Gasteiger partial charge < -0.3 is 25.0 Å². The number of alkyl carbamates (subject to hydrolysis) is 1. The van der Waals surface area contributed by atoms with Gasteiger partial charge in [0.05, 0.1) is 50.2 Å². The zero-order valence-corrected chi connectivity index (χ0v) is 22.4. The highest BCUT2D eigenvalue weighted by Crippen LogP contribution is 2.39. The third kappa shape index (κ3) is 6.15. The molecule has 3 aromatic rings. The molecule has 10 heteroatoms. The van der Waals surface area contributed by atoms with Crippen LogP contribution < -0.4 is 10.6 Å². The number of quaternary nitrogens is 1. The molecule has 2 aliphatic heterocycles. The van der Waals surface area contributed by atoms with Gasteiger partial charge in [0.2, 0.25) is 6.73 Å². The highest BCUT2D eigenvalue weighted by atomic mass is 32.1. The summed E-state index contributed by atoms with van der Waals surface area (Å²) in [5, 5.41) is 7.15. The lowest BCUT2D eigenvalue weighted by molar-refractivity contribution is -0.928. The third-order valence-electron chi connectivity index (χ3n) is 6.72. The topological polar surface area (TPSA) is 92.3 Å². The van der Waals surface area contributed by atoms with Crippen molar-refractivity contribution in [1.29, 1.82) is 0 Å². The minimum atomic E-state index is -0.627. The van der Waals surface area contributed by atoms with Gasteiger partial charge in [0, 0.05) is 4.88 Å².